The van der Waals surface area contributed by atoms with Crippen LogP contribution < -0.4 is 10.5 Å². The highest BCUT2D eigenvalue weighted by atomic mass is 35.5. The van der Waals surface area contributed by atoms with Gasteiger partial charge in [-0.15, -0.1) is 0 Å². The molecule has 2 N–H and O–H groups in total. The van der Waals surface area contributed by atoms with E-state index in [-0.39, 0.29) is 5.92 Å². The highest BCUT2D eigenvalue weighted by Gasteiger charge is 2.42. The van der Waals surface area contributed by atoms with Crippen molar-refractivity contribution in [3.8, 4) is 5.75 Å². The number of carbonyl (C=O) groups is 1. The summed E-state index contributed by atoms with van der Waals surface area (Å²) in [6.07, 6.45) is 3.56. The van der Waals surface area contributed by atoms with E-state index < -0.39 is 23.3 Å². The molecule has 0 aliphatic rings. The van der Waals surface area contributed by atoms with E-state index in [4.69, 9.17) is 50.0 Å². The van der Waals surface area contributed by atoms with Crippen LogP contribution in [0, 0.1) is 11.3 Å². The molecule has 0 saturated carbocycles. The smallest absolute Gasteiger partial charge is 0.406 e. The normalized spacial score (nSPS) is 15.2. The molecule has 0 radical (unpaired) electrons. The van der Waals surface area contributed by atoms with Gasteiger partial charge in [0.05, 0.1) is 11.3 Å². The number of primary amides is 1. The summed E-state index contributed by atoms with van der Waals surface area (Å²) in [5.74, 6) is 0.227. The van der Waals surface area contributed by atoms with E-state index in [2.05, 4.69) is 4.98 Å². The van der Waals surface area contributed by atoms with E-state index >= 15 is 0 Å². The first kappa shape index (κ1) is 20.7. The third kappa shape index (κ3) is 4.75. The van der Waals surface area contributed by atoms with E-state index in [9.17, 15) is 4.79 Å². The molecule has 142 valence electrons. The van der Waals surface area contributed by atoms with Crippen molar-refractivity contribution in [1.82, 2.24) is 9.55 Å². The molecule has 0 bridgehead atoms. The molecule has 0 saturated heterocycles. The average Bonchev–Trinajstić information content (AvgIpc) is 3.07. The lowest BCUT2D eigenvalue weighted by molar-refractivity contribution is -0.0306. The number of halogens is 3. The Bertz CT molecular complexity index is 753. The van der Waals surface area contributed by atoms with E-state index in [0.29, 0.717) is 15.8 Å². The Kier molecular flexibility index (Phi) is 6.66. The molecular weight excluding hydrogens is 401 g/mol. The van der Waals surface area contributed by atoms with Gasteiger partial charge >= 0.3 is 6.09 Å². The Balaban J connectivity index is 2.34. The lowest BCUT2D eigenvalue weighted by atomic mass is 9.79. The topological polar surface area (TPSA) is 79.4 Å². The van der Waals surface area contributed by atoms with Crippen molar-refractivity contribution in [2.75, 3.05) is 0 Å². The van der Waals surface area contributed by atoms with Crippen molar-refractivity contribution in [1.29, 1.82) is 0 Å². The summed E-state index contributed by atoms with van der Waals surface area (Å²) >= 11 is 18.5. The van der Waals surface area contributed by atoms with E-state index in [1.807, 2.05) is 20.8 Å². The first-order chi connectivity index (χ1) is 12.1. The second kappa shape index (κ2) is 8.37. The third-order valence-corrected chi connectivity index (χ3v) is 5.55. The summed E-state index contributed by atoms with van der Waals surface area (Å²) in [5, 5.41) is 0.883. The zero-order valence-corrected chi connectivity index (χ0v) is 16.8. The third-order valence-electron chi connectivity index (χ3n) is 4.37. The van der Waals surface area contributed by atoms with Gasteiger partial charge < -0.3 is 19.8 Å². The van der Waals surface area contributed by atoms with Crippen LogP contribution in [0.1, 0.15) is 27.0 Å². The second-order valence-corrected chi connectivity index (χ2v) is 7.70. The molecule has 26 heavy (non-hydrogen) atoms. The number of alkyl halides is 1. The van der Waals surface area contributed by atoms with Crippen LogP contribution in [0.25, 0.3) is 0 Å². The van der Waals surface area contributed by atoms with Gasteiger partial charge in [-0.1, -0.05) is 55.6 Å². The quantitative estimate of drug-likeness (QED) is 0.633. The first-order valence-electron chi connectivity index (χ1n) is 7.82. The summed E-state index contributed by atoms with van der Waals surface area (Å²) in [5.41, 5.74) is 3.45. The Morgan fingerprint density at radius 3 is 2.58 bits per heavy atom. The number of benzene rings is 1. The molecule has 3 unspecified atom stereocenters. The molecule has 2 aromatic rings. The molecule has 0 spiro atoms. The van der Waals surface area contributed by atoms with E-state index in [1.165, 1.54) is 0 Å². The highest BCUT2D eigenvalue weighted by molar-refractivity contribution is 6.35. The Labute approximate surface area is 167 Å². The molecule has 0 aliphatic heterocycles. The van der Waals surface area contributed by atoms with Crippen LogP contribution in [-0.2, 0) is 4.74 Å². The fourth-order valence-corrected chi connectivity index (χ4v) is 3.11. The standard InChI is InChI=1S/C17H20Cl3N3O3/c1-10(17(2,3)15(20)26-16(21)24)14(23-7-6-22-9-23)25-13-5-4-11(18)8-12(13)19/h4-10,14-15H,1-3H3,(H2,21,24). The SMILES string of the molecule is CC(C(Oc1ccc(Cl)cc1Cl)n1ccnc1)C(C)(C)C(Cl)OC(N)=O. The molecule has 1 aromatic carbocycles. The number of carbonyl (C=O) groups excluding carboxylic acids is 1. The fourth-order valence-electron chi connectivity index (χ4n) is 2.37. The van der Waals surface area contributed by atoms with Gasteiger partial charge in [-0.25, -0.2) is 9.78 Å². The molecular formula is C17H20Cl3N3O3. The summed E-state index contributed by atoms with van der Waals surface area (Å²) in [4.78, 5) is 15.2. The molecule has 0 aliphatic carbocycles. The molecule has 0 fully saturated rings. The largest absolute Gasteiger partial charge is 0.468 e. The van der Waals surface area contributed by atoms with Crippen molar-refractivity contribution in [3.63, 3.8) is 0 Å². The van der Waals surface area contributed by atoms with Crippen LogP contribution in [0.15, 0.2) is 36.9 Å². The molecule has 1 heterocycles. The number of hydrogen-bond donors (Lipinski definition) is 1. The highest BCUT2D eigenvalue weighted by Crippen LogP contribution is 2.42. The van der Waals surface area contributed by atoms with Crippen LogP contribution in [0.4, 0.5) is 4.79 Å². The van der Waals surface area contributed by atoms with Crippen LogP contribution in [0.2, 0.25) is 10.0 Å². The molecule has 3 atom stereocenters. The summed E-state index contributed by atoms with van der Waals surface area (Å²) in [7, 11) is 0. The minimum Gasteiger partial charge on any atom is -0.468 e. The number of imidazole rings is 1. The maximum atomic E-state index is 11.1. The van der Waals surface area contributed by atoms with Crippen molar-refractivity contribution >= 4 is 40.9 Å². The van der Waals surface area contributed by atoms with Gasteiger partial charge in [0.2, 0.25) is 0 Å². The number of aromatic nitrogens is 2. The van der Waals surface area contributed by atoms with Gasteiger partial charge in [0, 0.05) is 28.7 Å². The molecule has 6 nitrogen and oxygen atoms in total. The van der Waals surface area contributed by atoms with Crippen LogP contribution in [0.5, 0.6) is 5.75 Å². The molecule has 1 aromatic heterocycles. The Hall–Kier alpha value is -1.63. The van der Waals surface area contributed by atoms with Gasteiger partial charge in [0.15, 0.2) is 11.8 Å². The second-order valence-electron chi connectivity index (χ2n) is 6.46. The predicted octanol–water partition coefficient (Wildman–Crippen LogP) is 5.09. The van der Waals surface area contributed by atoms with Gasteiger partial charge in [0.1, 0.15) is 5.75 Å². The van der Waals surface area contributed by atoms with Crippen LogP contribution in [-0.4, -0.2) is 21.2 Å². The van der Waals surface area contributed by atoms with Gasteiger partial charge in [-0.3, -0.25) is 0 Å². The van der Waals surface area contributed by atoms with E-state index in [0.717, 1.165) is 0 Å². The fraction of sp³-hybridized carbons (Fsp3) is 0.412. The summed E-state index contributed by atoms with van der Waals surface area (Å²) in [6.45, 7) is 5.64. The number of nitrogens with zero attached hydrogens (tertiary/aromatic N) is 2. The van der Waals surface area contributed by atoms with Crippen molar-refractivity contribution in [3.05, 3.63) is 47.0 Å². The van der Waals surface area contributed by atoms with Crippen molar-refractivity contribution in [2.24, 2.45) is 17.1 Å². The number of rotatable bonds is 7. The summed E-state index contributed by atoms with van der Waals surface area (Å²) in [6, 6.07) is 4.97. The molecule has 9 heteroatoms. The number of hydrogen-bond acceptors (Lipinski definition) is 4. The Morgan fingerprint density at radius 2 is 2.04 bits per heavy atom. The zero-order chi connectivity index (χ0) is 19.5. The lowest BCUT2D eigenvalue weighted by Crippen LogP contribution is -2.41. The van der Waals surface area contributed by atoms with Crippen molar-refractivity contribution < 1.29 is 14.3 Å². The van der Waals surface area contributed by atoms with Crippen molar-refractivity contribution in [2.45, 2.75) is 32.6 Å². The monoisotopic (exact) mass is 419 g/mol. The lowest BCUT2D eigenvalue weighted by Gasteiger charge is -2.39. The predicted molar refractivity (Wildman–Crippen MR) is 102 cm³/mol. The van der Waals surface area contributed by atoms with Gasteiger partial charge in [0.25, 0.3) is 0 Å². The zero-order valence-electron chi connectivity index (χ0n) is 14.5. The van der Waals surface area contributed by atoms with Gasteiger partial charge in [-0.2, -0.15) is 0 Å². The van der Waals surface area contributed by atoms with Gasteiger partial charge in [-0.05, 0) is 18.2 Å². The summed E-state index contributed by atoms with van der Waals surface area (Å²) < 4.78 is 12.9. The molecule has 2 rings (SSSR count). The van der Waals surface area contributed by atoms with Crippen LogP contribution in [0.3, 0.4) is 0 Å². The number of nitrogens with two attached hydrogens (primary N) is 1. The maximum absolute atomic E-state index is 11.1. The minimum absolute atomic E-state index is 0.231. The molecule has 1 amide bonds. The van der Waals surface area contributed by atoms with E-state index in [1.54, 1.807) is 41.5 Å². The number of ether oxygens (including phenoxy) is 2. The van der Waals surface area contributed by atoms with Crippen LogP contribution >= 0.6 is 34.8 Å². The first-order valence-corrected chi connectivity index (χ1v) is 9.01. The average molecular weight is 421 g/mol. The maximum Gasteiger partial charge on any atom is 0.406 e. The minimum atomic E-state index is -0.953. The Morgan fingerprint density at radius 1 is 1.35 bits per heavy atom. The number of amides is 1.